The molecular formula is C19H13FN2O2. The first-order valence-electron chi connectivity index (χ1n) is 7.24. The Balaban J connectivity index is 2.29. The minimum absolute atomic E-state index is 0.0449. The van der Waals surface area contributed by atoms with E-state index in [1.807, 2.05) is 0 Å². The first kappa shape index (κ1) is 15.5. The van der Waals surface area contributed by atoms with Gasteiger partial charge in [0.05, 0.1) is 6.54 Å². The van der Waals surface area contributed by atoms with E-state index in [-0.39, 0.29) is 17.8 Å². The van der Waals surface area contributed by atoms with Crippen LogP contribution in [0.5, 0.6) is 0 Å². The summed E-state index contributed by atoms with van der Waals surface area (Å²) in [5.74, 6) is 1.42. The maximum absolute atomic E-state index is 13.2. The van der Waals surface area contributed by atoms with Crippen molar-refractivity contribution in [1.29, 1.82) is 0 Å². The van der Waals surface area contributed by atoms with Gasteiger partial charge in [-0.25, -0.2) is 4.39 Å². The molecule has 0 fully saturated rings. The molecule has 24 heavy (non-hydrogen) atoms. The van der Waals surface area contributed by atoms with Crippen LogP contribution in [0, 0.1) is 18.2 Å². The molecule has 3 rings (SSSR count). The molecule has 0 unspecified atom stereocenters. The lowest BCUT2D eigenvalue weighted by atomic mass is 10.1. The van der Waals surface area contributed by atoms with Crippen LogP contribution in [0.15, 0.2) is 59.4 Å². The minimum atomic E-state index is -0.472. The average molecular weight is 320 g/mol. The number of rotatable bonds is 3. The van der Waals surface area contributed by atoms with Crippen molar-refractivity contribution in [3.05, 3.63) is 76.5 Å². The summed E-state index contributed by atoms with van der Waals surface area (Å²) >= 11 is 0. The van der Waals surface area contributed by atoms with Gasteiger partial charge >= 0.3 is 0 Å². The van der Waals surface area contributed by atoms with Gasteiger partial charge in [0.1, 0.15) is 11.5 Å². The molecule has 4 nitrogen and oxygen atoms in total. The van der Waals surface area contributed by atoms with Crippen LogP contribution < -0.4 is 10.9 Å². The average Bonchev–Trinajstić information content (AvgIpc) is 2.60. The SMILES string of the molecule is C#CCNC(=O)c1cc2ccccc2c(=O)n1-c1ccc(F)cc1. The van der Waals surface area contributed by atoms with Crippen molar-refractivity contribution in [3.8, 4) is 18.0 Å². The number of carbonyl (C=O) groups is 1. The zero-order valence-corrected chi connectivity index (χ0v) is 12.6. The van der Waals surface area contributed by atoms with Crippen molar-refractivity contribution in [2.75, 3.05) is 6.54 Å². The van der Waals surface area contributed by atoms with Gasteiger partial charge in [-0.1, -0.05) is 24.1 Å². The molecule has 0 aliphatic carbocycles. The number of fused-ring (bicyclic) bond motifs is 1. The summed E-state index contributed by atoms with van der Waals surface area (Å²) in [7, 11) is 0. The van der Waals surface area contributed by atoms with E-state index in [0.29, 0.717) is 16.5 Å². The van der Waals surface area contributed by atoms with Gasteiger partial charge in [0.15, 0.2) is 0 Å². The fraction of sp³-hybridized carbons (Fsp3) is 0.0526. The molecule has 1 N–H and O–H groups in total. The maximum Gasteiger partial charge on any atom is 0.269 e. The molecule has 0 atom stereocenters. The smallest absolute Gasteiger partial charge is 0.269 e. The lowest BCUT2D eigenvalue weighted by Gasteiger charge is -2.14. The van der Waals surface area contributed by atoms with Gasteiger partial charge in [0.2, 0.25) is 0 Å². The molecule has 1 aromatic heterocycles. The van der Waals surface area contributed by atoms with Gasteiger partial charge in [-0.3, -0.25) is 14.2 Å². The van der Waals surface area contributed by atoms with Gasteiger partial charge in [-0.15, -0.1) is 6.42 Å². The second-order valence-electron chi connectivity index (χ2n) is 5.12. The number of nitrogens with zero attached hydrogens (tertiary/aromatic N) is 1. The zero-order chi connectivity index (χ0) is 17.1. The summed E-state index contributed by atoms with van der Waals surface area (Å²) in [6.07, 6.45) is 5.17. The van der Waals surface area contributed by atoms with Crippen LogP contribution in [0.2, 0.25) is 0 Å². The molecule has 0 aliphatic heterocycles. The summed E-state index contributed by atoms with van der Waals surface area (Å²) in [4.78, 5) is 25.3. The number of hydrogen-bond acceptors (Lipinski definition) is 2. The van der Waals surface area contributed by atoms with Crippen LogP contribution >= 0.6 is 0 Å². The zero-order valence-electron chi connectivity index (χ0n) is 12.6. The van der Waals surface area contributed by atoms with Gasteiger partial charge in [-0.2, -0.15) is 0 Å². The summed E-state index contributed by atoms with van der Waals surface area (Å²) < 4.78 is 14.5. The molecule has 0 aliphatic rings. The Labute approximate surface area is 137 Å². The van der Waals surface area contributed by atoms with E-state index in [4.69, 9.17) is 6.42 Å². The third-order valence-corrected chi connectivity index (χ3v) is 3.60. The van der Waals surface area contributed by atoms with Crippen LogP contribution in [0.25, 0.3) is 16.5 Å². The topological polar surface area (TPSA) is 51.1 Å². The summed E-state index contributed by atoms with van der Waals surface area (Å²) in [5, 5.41) is 3.67. The van der Waals surface area contributed by atoms with E-state index >= 15 is 0 Å². The van der Waals surface area contributed by atoms with Crippen LogP contribution in [-0.4, -0.2) is 17.0 Å². The van der Waals surface area contributed by atoms with E-state index in [9.17, 15) is 14.0 Å². The van der Waals surface area contributed by atoms with Crippen molar-refractivity contribution in [3.63, 3.8) is 0 Å². The molecule has 2 aromatic carbocycles. The predicted molar refractivity (Wildman–Crippen MR) is 90.7 cm³/mol. The number of aromatic nitrogens is 1. The van der Waals surface area contributed by atoms with Crippen LogP contribution in [0.4, 0.5) is 4.39 Å². The first-order valence-corrected chi connectivity index (χ1v) is 7.24. The van der Waals surface area contributed by atoms with Crippen molar-refractivity contribution >= 4 is 16.7 Å². The highest BCUT2D eigenvalue weighted by atomic mass is 19.1. The maximum atomic E-state index is 13.2. The number of pyridine rings is 1. The number of terminal acetylenes is 1. The van der Waals surface area contributed by atoms with Gasteiger partial charge in [-0.05, 0) is 41.8 Å². The first-order chi connectivity index (χ1) is 11.6. The molecule has 0 saturated carbocycles. The molecule has 3 aromatic rings. The van der Waals surface area contributed by atoms with Crippen molar-refractivity contribution in [2.24, 2.45) is 0 Å². The highest BCUT2D eigenvalue weighted by Crippen LogP contribution is 2.16. The van der Waals surface area contributed by atoms with E-state index in [1.54, 1.807) is 30.3 Å². The molecule has 5 heteroatoms. The molecule has 0 spiro atoms. The number of carbonyl (C=O) groups excluding carboxylic acids is 1. The van der Waals surface area contributed by atoms with Crippen LogP contribution in [0.1, 0.15) is 10.5 Å². The standard InChI is InChI=1S/C19H13FN2O2/c1-2-11-21-18(23)17-12-13-5-3-4-6-16(13)19(24)22(17)15-9-7-14(20)8-10-15/h1,3-10,12H,11H2,(H,21,23). The van der Waals surface area contributed by atoms with Gasteiger partial charge < -0.3 is 5.32 Å². The summed E-state index contributed by atoms with van der Waals surface area (Å²) in [6, 6.07) is 14.0. The monoisotopic (exact) mass is 320 g/mol. The van der Waals surface area contributed by atoms with Crippen molar-refractivity contribution in [2.45, 2.75) is 0 Å². The highest BCUT2D eigenvalue weighted by Gasteiger charge is 2.16. The van der Waals surface area contributed by atoms with E-state index < -0.39 is 11.7 Å². The second kappa shape index (κ2) is 6.39. The lowest BCUT2D eigenvalue weighted by Crippen LogP contribution is -2.31. The van der Waals surface area contributed by atoms with E-state index in [2.05, 4.69) is 11.2 Å². The van der Waals surface area contributed by atoms with Crippen molar-refractivity contribution < 1.29 is 9.18 Å². The molecule has 0 radical (unpaired) electrons. The number of hydrogen-bond donors (Lipinski definition) is 1. The Morgan fingerprint density at radius 2 is 1.88 bits per heavy atom. The third-order valence-electron chi connectivity index (χ3n) is 3.60. The van der Waals surface area contributed by atoms with Crippen molar-refractivity contribution in [1.82, 2.24) is 9.88 Å². The highest BCUT2D eigenvalue weighted by molar-refractivity contribution is 5.97. The molecule has 0 bridgehead atoms. The largest absolute Gasteiger partial charge is 0.340 e. The second-order valence-corrected chi connectivity index (χ2v) is 5.12. The number of halogens is 1. The molecular weight excluding hydrogens is 307 g/mol. The Bertz CT molecular complexity index is 1010. The van der Waals surface area contributed by atoms with Crippen LogP contribution in [0.3, 0.4) is 0 Å². The predicted octanol–water partition coefficient (Wildman–Crippen LogP) is 2.49. The molecule has 0 saturated heterocycles. The summed E-state index contributed by atoms with van der Waals surface area (Å²) in [5.41, 5.74) is 0.184. The normalized spacial score (nSPS) is 10.3. The Morgan fingerprint density at radius 1 is 1.17 bits per heavy atom. The minimum Gasteiger partial charge on any atom is -0.340 e. The molecule has 1 amide bonds. The lowest BCUT2D eigenvalue weighted by molar-refractivity contribution is 0.0951. The molecule has 118 valence electrons. The molecule has 1 heterocycles. The number of benzene rings is 2. The Kier molecular flexibility index (Phi) is 4.13. The third kappa shape index (κ3) is 2.77. The van der Waals surface area contributed by atoms with Gasteiger partial charge in [0.25, 0.3) is 11.5 Å². The number of amides is 1. The number of nitrogens with one attached hydrogen (secondary N) is 1. The van der Waals surface area contributed by atoms with Crippen LogP contribution in [-0.2, 0) is 0 Å². The van der Waals surface area contributed by atoms with Gasteiger partial charge in [0, 0.05) is 11.1 Å². The fourth-order valence-electron chi connectivity index (χ4n) is 2.49. The quantitative estimate of drug-likeness (QED) is 0.754. The summed E-state index contributed by atoms with van der Waals surface area (Å²) in [6.45, 7) is 0.0449. The fourth-order valence-corrected chi connectivity index (χ4v) is 2.49. The Morgan fingerprint density at radius 3 is 2.58 bits per heavy atom. The Hall–Kier alpha value is -3.39. The van der Waals surface area contributed by atoms with E-state index in [0.717, 1.165) is 0 Å². The van der Waals surface area contributed by atoms with E-state index in [1.165, 1.54) is 28.8 Å².